The molecule has 1 saturated heterocycles. The molecule has 0 aromatic heterocycles. The quantitative estimate of drug-likeness (QED) is 0.282. The van der Waals surface area contributed by atoms with E-state index in [0.29, 0.717) is 0 Å². The van der Waals surface area contributed by atoms with Crippen LogP contribution in [0.5, 0.6) is 0 Å². The van der Waals surface area contributed by atoms with Crippen molar-refractivity contribution in [3.63, 3.8) is 0 Å². The Balaban J connectivity index is 2.20. The maximum absolute atomic E-state index is 7.91. The summed E-state index contributed by atoms with van der Waals surface area (Å²) in [5.41, 5.74) is 2.56. The maximum atomic E-state index is 7.91. The zero-order chi connectivity index (χ0) is 21.5. The molecule has 0 N–H and O–H groups in total. The summed E-state index contributed by atoms with van der Waals surface area (Å²) in [5, 5.41) is 7.47. The molecule has 0 radical (unpaired) electrons. The fraction of sp³-hybridized carbons (Fsp3) is 0.556. The van der Waals surface area contributed by atoms with E-state index in [2.05, 4.69) is 88.4 Å². The SMILES string of the molecule is CC[CH2][Ge]1([CH2]CC)[CH2]CC(c2ccccc2)(c2ccccc2)[O][Ge]1([CH2]CC)[CH2]CC. The Bertz CT molecular complexity index is 707. The van der Waals surface area contributed by atoms with E-state index in [4.69, 9.17) is 3.76 Å². The summed E-state index contributed by atoms with van der Waals surface area (Å²) in [7, 11) is 0. The van der Waals surface area contributed by atoms with Gasteiger partial charge in [-0.05, 0) is 0 Å². The molecule has 1 heterocycles. The van der Waals surface area contributed by atoms with Crippen molar-refractivity contribution in [2.75, 3.05) is 0 Å². The fourth-order valence-electron chi connectivity index (χ4n) is 6.48. The van der Waals surface area contributed by atoms with Crippen LogP contribution in [-0.4, -0.2) is 22.9 Å². The zero-order valence-electron chi connectivity index (χ0n) is 19.8. The third-order valence-electron chi connectivity index (χ3n) is 7.54. The van der Waals surface area contributed by atoms with E-state index in [-0.39, 0.29) is 5.60 Å². The predicted molar refractivity (Wildman–Crippen MR) is 136 cm³/mol. The molecule has 30 heavy (non-hydrogen) atoms. The molecular weight excluding hydrogens is 486 g/mol. The molecule has 3 heteroatoms. The number of hydrogen-bond acceptors (Lipinski definition) is 1. The second kappa shape index (κ2) is 10.9. The molecule has 0 unspecified atom stereocenters. The van der Waals surface area contributed by atoms with E-state index < -0.39 is 22.9 Å². The minimum atomic E-state index is -2.50. The topological polar surface area (TPSA) is 9.23 Å². The van der Waals surface area contributed by atoms with E-state index in [1.54, 1.807) is 10.5 Å². The van der Waals surface area contributed by atoms with Gasteiger partial charge in [0.25, 0.3) is 0 Å². The number of hydrogen-bond donors (Lipinski definition) is 0. The molecule has 2 aromatic rings. The number of rotatable bonds is 10. The van der Waals surface area contributed by atoms with Crippen molar-refractivity contribution in [3.8, 4) is 0 Å². The summed E-state index contributed by atoms with van der Waals surface area (Å²) in [6, 6.07) is 22.4. The van der Waals surface area contributed by atoms with Gasteiger partial charge in [0.1, 0.15) is 0 Å². The van der Waals surface area contributed by atoms with Crippen molar-refractivity contribution in [3.05, 3.63) is 71.8 Å². The Morgan fingerprint density at radius 1 is 0.667 bits per heavy atom. The molecule has 1 aliphatic rings. The molecule has 1 fully saturated rings. The molecule has 2 aromatic carbocycles. The van der Waals surface area contributed by atoms with Gasteiger partial charge in [-0.1, -0.05) is 0 Å². The first-order chi connectivity index (χ1) is 14.6. The van der Waals surface area contributed by atoms with Gasteiger partial charge in [0.2, 0.25) is 0 Å². The zero-order valence-corrected chi connectivity index (χ0v) is 23.9. The average Bonchev–Trinajstić information content (AvgIpc) is 2.78. The van der Waals surface area contributed by atoms with Gasteiger partial charge in [0.05, 0.1) is 0 Å². The Kier molecular flexibility index (Phi) is 8.75. The Hall–Kier alpha value is -0.514. The monoisotopic (exact) mass is 530 g/mol. The molecule has 3 rings (SSSR count). The Morgan fingerprint density at radius 3 is 1.50 bits per heavy atom. The van der Waals surface area contributed by atoms with Crippen LogP contribution in [0.25, 0.3) is 0 Å². The summed E-state index contributed by atoms with van der Waals surface area (Å²) >= 11 is -4.55. The molecule has 0 saturated carbocycles. The van der Waals surface area contributed by atoms with E-state index in [0.717, 1.165) is 0 Å². The van der Waals surface area contributed by atoms with Crippen molar-refractivity contribution >= 4 is 22.9 Å². The van der Waals surface area contributed by atoms with Gasteiger partial charge in [-0.2, -0.15) is 0 Å². The third-order valence-corrected chi connectivity index (χ3v) is 63.1. The number of benzene rings is 2. The molecule has 0 aliphatic carbocycles. The molecule has 0 bridgehead atoms. The summed E-state index contributed by atoms with van der Waals surface area (Å²) in [5.74, 6) is 0. The normalized spacial score (nSPS) is 19.5. The van der Waals surface area contributed by atoms with E-state index >= 15 is 0 Å². The standard InChI is InChI=1S/C27H42Ge2O/c1-5-20-28(21-6-2)24-19-27(25-15-11-9-12-16-25,26-17-13-10-14-18-26)30-29(28,22-7-3)23-8-4/h9-18H,5-8,19-24H2,1-4H3. The van der Waals surface area contributed by atoms with Gasteiger partial charge in [0.15, 0.2) is 0 Å². The van der Waals surface area contributed by atoms with Crippen LogP contribution < -0.4 is 0 Å². The van der Waals surface area contributed by atoms with Crippen LogP contribution in [0.15, 0.2) is 60.7 Å². The molecule has 0 amide bonds. The fourth-order valence-corrected chi connectivity index (χ4v) is 68.8. The van der Waals surface area contributed by atoms with Crippen molar-refractivity contribution in [2.45, 2.75) is 91.7 Å². The van der Waals surface area contributed by atoms with Crippen LogP contribution in [-0.2, 0) is 9.36 Å². The molecule has 0 atom stereocenters. The van der Waals surface area contributed by atoms with Gasteiger partial charge in [0, 0.05) is 0 Å². The Morgan fingerprint density at radius 2 is 1.10 bits per heavy atom. The van der Waals surface area contributed by atoms with Gasteiger partial charge >= 0.3 is 190 Å². The van der Waals surface area contributed by atoms with Crippen molar-refractivity contribution < 1.29 is 3.76 Å². The van der Waals surface area contributed by atoms with Gasteiger partial charge in [-0.25, -0.2) is 0 Å². The second-order valence-corrected chi connectivity index (χ2v) is 46.2. The van der Waals surface area contributed by atoms with E-state index in [1.807, 2.05) is 0 Å². The summed E-state index contributed by atoms with van der Waals surface area (Å²) in [4.78, 5) is 0. The minimum absolute atomic E-state index is 0.219. The first kappa shape index (κ1) is 24.1. The third kappa shape index (κ3) is 4.50. The molecule has 0 spiro atoms. The van der Waals surface area contributed by atoms with Crippen LogP contribution in [0, 0.1) is 0 Å². The second-order valence-electron chi connectivity index (χ2n) is 9.44. The van der Waals surface area contributed by atoms with E-state index in [9.17, 15) is 0 Å². The van der Waals surface area contributed by atoms with Gasteiger partial charge < -0.3 is 0 Å². The van der Waals surface area contributed by atoms with Crippen molar-refractivity contribution in [2.24, 2.45) is 0 Å². The van der Waals surface area contributed by atoms with Crippen LogP contribution in [0.4, 0.5) is 0 Å². The van der Waals surface area contributed by atoms with E-state index in [1.165, 1.54) is 59.0 Å². The van der Waals surface area contributed by atoms with Gasteiger partial charge in [-0.3, -0.25) is 0 Å². The summed E-state index contributed by atoms with van der Waals surface area (Å²) < 4.78 is 7.91. The predicted octanol–water partition coefficient (Wildman–Crippen LogP) is 8.46. The van der Waals surface area contributed by atoms with Crippen LogP contribution in [0.2, 0.25) is 26.3 Å². The first-order valence-corrected chi connectivity index (χ1v) is 27.2. The average molecular weight is 528 g/mol. The van der Waals surface area contributed by atoms with Crippen molar-refractivity contribution in [1.82, 2.24) is 0 Å². The van der Waals surface area contributed by atoms with Crippen LogP contribution in [0.1, 0.15) is 70.9 Å². The van der Waals surface area contributed by atoms with Crippen LogP contribution in [0.3, 0.4) is 0 Å². The molecular formula is C27H42Ge2O. The molecule has 164 valence electrons. The Labute approximate surface area is 189 Å². The van der Waals surface area contributed by atoms with Crippen LogP contribution >= 0.6 is 0 Å². The molecule has 1 nitrogen and oxygen atoms in total. The molecule has 1 aliphatic heterocycles. The first-order valence-electron chi connectivity index (χ1n) is 12.4. The summed E-state index contributed by atoms with van der Waals surface area (Å²) in [6.45, 7) is 9.70. The summed E-state index contributed by atoms with van der Waals surface area (Å²) in [6.07, 6.45) is 6.54. The van der Waals surface area contributed by atoms with Gasteiger partial charge in [-0.15, -0.1) is 0 Å². The van der Waals surface area contributed by atoms with Crippen molar-refractivity contribution in [1.29, 1.82) is 0 Å².